The molecule has 0 spiro atoms. The predicted octanol–water partition coefficient (Wildman–Crippen LogP) is 1.79. The van der Waals surface area contributed by atoms with Crippen molar-refractivity contribution in [2.24, 2.45) is 11.8 Å². The van der Waals surface area contributed by atoms with Gasteiger partial charge in [0.25, 0.3) is 0 Å². The Morgan fingerprint density at radius 3 is 2.39 bits per heavy atom. The van der Waals surface area contributed by atoms with Crippen LogP contribution < -0.4 is 5.32 Å². The van der Waals surface area contributed by atoms with E-state index in [1.54, 1.807) is 4.90 Å². The van der Waals surface area contributed by atoms with E-state index in [0.717, 1.165) is 19.5 Å². The van der Waals surface area contributed by atoms with Crippen molar-refractivity contribution in [3.8, 4) is 0 Å². The van der Waals surface area contributed by atoms with Crippen LogP contribution in [-0.4, -0.2) is 43.2 Å². The molecule has 2 heterocycles. The van der Waals surface area contributed by atoms with Gasteiger partial charge in [-0.25, -0.2) is 0 Å². The van der Waals surface area contributed by atoms with Crippen LogP contribution >= 0.6 is 0 Å². The molecule has 1 atom stereocenters. The van der Waals surface area contributed by atoms with E-state index < -0.39 is 12.1 Å². The van der Waals surface area contributed by atoms with Gasteiger partial charge in [0, 0.05) is 19.5 Å². The highest BCUT2D eigenvalue weighted by Crippen LogP contribution is 2.34. The second-order valence-corrected chi connectivity index (χ2v) is 5.26. The third kappa shape index (κ3) is 3.37. The first-order valence-corrected chi connectivity index (χ1v) is 6.52. The van der Waals surface area contributed by atoms with Crippen LogP contribution in [0.4, 0.5) is 13.2 Å². The number of piperidine rings is 1. The predicted molar refractivity (Wildman–Crippen MR) is 61.0 cm³/mol. The molecule has 0 saturated carbocycles. The van der Waals surface area contributed by atoms with E-state index in [4.69, 9.17) is 0 Å². The van der Waals surface area contributed by atoms with Gasteiger partial charge in [-0.15, -0.1) is 0 Å². The molecular formula is C12H19F3N2O. The zero-order chi connectivity index (χ0) is 13.2. The maximum absolute atomic E-state index is 12.5. The summed E-state index contributed by atoms with van der Waals surface area (Å²) in [6.45, 7) is 2.30. The van der Waals surface area contributed by atoms with Gasteiger partial charge in [-0.05, 0) is 38.3 Å². The number of rotatable bonds is 2. The molecular weight excluding hydrogens is 245 g/mol. The molecule has 0 aliphatic carbocycles. The van der Waals surface area contributed by atoms with Gasteiger partial charge in [-0.2, -0.15) is 13.2 Å². The van der Waals surface area contributed by atoms with Gasteiger partial charge >= 0.3 is 6.18 Å². The van der Waals surface area contributed by atoms with E-state index in [1.807, 2.05) is 0 Å². The quantitative estimate of drug-likeness (QED) is 0.824. The molecule has 0 bridgehead atoms. The van der Waals surface area contributed by atoms with E-state index in [1.165, 1.54) is 0 Å². The first-order chi connectivity index (χ1) is 8.47. The summed E-state index contributed by atoms with van der Waals surface area (Å²) < 4.78 is 37.5. The molecule has 18 heavy (non-hydrogen) atoms. The van der Waals surface area contributed by atoms with Crippen LogP contribution in [0.15, 0.2) is 0 Å². The van der Waals surface area contributed by atoms with Gasteiger partial charge in [0.1, 0.15) is 0 Å². The average Bonchev–Trinajstić information content (AvgIpc) is 2.81. The Hall–Kier alpha value is -0.780. The molecule has 2 saturated heterocycles. The average molecular weight is 264 g/mol. The monoisotopic (exact) mass is 264 g/mol. The lowest BCUT2D eigenvalue weighted by atomic mass is 9.95. The highest BCUT2D eigenvalue weighted by molar-refractivity contribution is 5.76. The number of halogens is 3. The van der Waals surface area contributed by atoms with Gasteiger partial charge in [-0.1, -0.05) is 0 Å². The van der Waals surface area contributed by atoms with Gasteiger partial charge in [0.2, 0.25) is 5.91 Å². The Bertz CT molecular complexity index is 292. The lowest BCUT2D eigenvalue weighted by molar-refractivity contribution is -0.186. The summed E-state index contributed by atoms with van der Waals surface area (Å²) >= 11 is 0. The summed E-state index contributed by atoms with van der Waals surface area (Å²) in [6.07, 6.45) is -2.53. The summed E-state index contributed by atoms with van der Waals surface area (Å²) in [6, 6.07) is 0. The van der Waals surface area contributed by atoms with E-state index in [0.29, 0.717) is 12.3 Å². The fourth-order valence-corrected chi connectivity index (χ4v) is 2.72. The minimum Gasteiger partial charge on any atom is -0.343 e. The number of nitrogens with zero attached hydrogens (tertiary/aromatic N) is 1. The fraction of sp³-hybridized carbons (Fsp3) is 0.917. The third-order valence-electron chi connectivity index (χ3n) is 3.94. The Kier molecular flexibility index (Phi) is 4.14. The van der Waals surface area contributed by atoms with Crippen LogP contribution in [0.25, 0.3) is 0 Å². The maximum Gasteiger partial charge on any atom is 0.391 e. The smallest absolute Gasteiger partial charge is 0.343 e. The maximum atomic E-state index is 12.5. The van der Waals surface area contributed by atoms with Crippen LogP contribution in [0, 0.1) is 11.8 Å². The van der Waals surface area contributed by atoms with Crippen molar-refractivity contribution < 1.29 is 18.0 Å². The molecule has 0 aromatic carbocycles. The molecule has 2 aliphatic heterocycles. The summed E-state index contributed by atoms with van der Waals surface area (Å²) in [5.41, 5.74) is 0. The number of carbonyl (C=O) groups is 1. The molecule has 0 aromatic heterocycles. The van der Waals surface area contributed by atoms with Crippen molar-refractivity contribution in [2.75, 3.05) is 26.2 Å². The van der Waals surface area contributed by atoms with E-state index in [9.17, 15) is 18.0 Å². The van der Waals surface area contributed by atoms with Crippen molar-refractivity contribution in [3.63, 3.8) is 0 Å². The highest BCUT2D eigenvalue weighted by Gasteiger charge is 2.41. The van der Waals surface area contributed by atoms with Crippen molar-refractivity contribution in [2.45, 2.75) is 31.9 Å². The topological polar surface area (TPSA) is 32.3 Å². The number of alkyl halides is 3. The molecule has 3 nitrogen and oxygen atoms in total. The summed E-state index contributed by atoms with van der Waals surface area (Å²) in [5, 5.41) is 3.19. The molecule has 2 fully saturated rings. The molecule has 1 unspecified atom stereocenters. The van der Waals surface area contributed by atoms with Crippen LogP contribution in [0.2, 0.25) is 0 Å². The third-order valence-corrected chi connectivity index (χ3v) is 3.94. The first-order valence-electron chi connectivity index (χ1n) is 6.52. The molecule has 2 aliphatic rings. The zero-order valence-electron chi connectivity index (χ0n) is 10.3. The van der Waals surface area contributed by atoms with E-state index in [-0.39, 0.29) is 31.8 Å². The van der Waals surface area contributed by atoms with Gasteiger partial charge in [-0.3, -0.25) is 4.79 Å². The number of likely N-dealkylation sites (tertiary alicyclic amines) is 1. The Labute approximate surface area is 105 Å². The number of hydrogen-bond donors (Lipinski definition) is 1. The molecule has 0 radical (unpaired) electrons. The highest BCUT2D eigenvalue weighted by atomic mass is 19.4. The Morgan fingerprint density at radius 1 is 1.22 bits per heavy atom. The molecule has 104 valence electrons. The second kappa shape index (κ2) is 5.47. The molecule has 2 rings (SSSR count). The number of amides is 1. The minimum absolute atomic E-state index is 0.0179. The van der Waals surface area contributed by atoms with Crippen molar-refractivity contribution in [1.29, 1.82) is 0 Å². The minimum atomic E-state index is -4.11. The number of hydrogen-bond acceptors (Lipinski definition) is 2. The van der Waals surface area contributed by atoms with Crippen LogP contribution in [0.3, 0.4) is 0 Å². The SMILES string of the molecule is O=C(CC1CCNC1)N1CCC(C(F)(F)F)CC1. The van der Waals surface area contributed by atoms with Crippen LogP contribution in [0.5, 0.6) is 0 Å². The molecule has 1 N–H and O–H groups in total. The second-order valence-electron chi connectivity index (χ2n) is 5.26. The van der Waals surface area contributed by atoms with Gasteiger partial charge < -0.3 is 10.2 Å². The summed E-state index contributed by atoms with van der Waals surface area (Å²) in [4.78, 5) is 13.5. The molecule has 1 amide bonds. The Balaban J connectivity index is 1.76. The van der Waals surface area contributed by atoms with E-state index >= 15 is 0 Å². The first kappa shape index (κ1) is 13.6. The van der Waals surface area contributed by atoms with Crippen LogP contribution in [-0.2, 0) is 4.79 Å². The van der Waals surface area contributed by atoms with Crippen molar-refractivity contribution >= 4 is 5.91 Å². The Morgan fingerprint density at radius 2 is 1.89 bits per heavy atom. The molecule has 6 heteroatoms. The standard InChI is InChI=1S/C12H19F3N2O/c13-12(14,15)10-2-5-17(6-3-10)11(18)7-9-1-4-16-8-9/h9-10,16H,1-8H2. The van der Waals surface area contributed by atoms with E-state index in [2.05, 4.69) is 5.32 Å². The van der Waals surface area contributed by atoms with Crippen molar-refractivity contribution in [3.05, 3.63) is 0 Å². The van der Waals surface area contributed by atoms with Gasteiger partial charge in [0.15, 0.2) is 0 Å². The molecule has 0 aromatic rings. The number of nitrogens with one attached hydrogen (secondary N) is 1. The zero-order valence-corrected chi connectivity index (χ0v) is 10.3. The van der Waals surface area contributed by atoms with Gasteiger partial charge in [0.05, 0.1) is 5.92 Å². The summed E-state index contributed by atoms with van der Waals surface area (Å²) in [7, 11) is 0. The lowest BCUT2D eigenvalue weighted by Crippen LogP contribution is -2.42. The normalized spacial score (nSPS) is 26.6. The lowest BCUT2D eigenvalue weighted by Gasteiger charge is -2.33. The summed E-state index contributed by atoms with van der Waals surface area (Å²) in [5.74, 6) is -0.850. The largest absolute Gasteiger partial charge is 0.391 e. The fourth-order valence-electron chi connectivity index (χ4n) is 2.72. The number of carbonyl (C=O) groups excluding carboxylic acids is 1. The van der Waals surface area contributed by atoms with Crippen molar-refractivity contribution in [1.82, 2.24) is 10.2 Å². The van der Waals surface area contributed by atoms with Crippen LogP contribution in [0.1, 0.15) is 25.7 Å².